The van der Waals surface area contributed by atoms with Gasteiger partial charge in [-0.05, 0) is 30.7 Å². The summed E-state index contributed by atoms with van der Waals surface area (Å²) in [6.45, 7) is 1.75. The molecule has 114 valence electrons. The number of methoxy groups -OCH3 is 1. The second-order valence-corrected chi connectivity index (χ2v) is 4.92. The highest BCUT2D eigenvalue weighted by Crippen LogP contribution is 2.10. The lowest BCUT2D eigenvalue weighted by Gasteiger charge is -2.16. The average Bonchev–Trinajstić information content (AvgIpc) is 2.50. The van der Waals surface area contributed by atoms with Crippen molar-refractivity contribution in [2.45, 2.75) is 32.2 Å². The Morgan fingerprint density at radius 2 is 1.86 bits per heavy atom. The van der Waals surface area contributed by atoms with Crippen LogP contribution in [0.25, 0.3) is 0 Å². The van der Waals surface area contributed by atoms with E-state index in [1.807, 2.05) is 0 Å². The van der Waals surface area contributed by atoms with Gasteiger partial charge in [0.25, 0.3) is 5.91 Å². The zero-order valence-corrected chi connectivity index (χ0v) is 12.8. The van der Waals surface area contributed by atoms with Crippen LogP contribution in [0.1, 0.15) is 36.5 Å². The van der Waals surface area contributed by atoms with Crippen LogP contribution in [0.2, 0.25) is 5.02 Å². The lowest BCUT2D eigenvalue weighted by molar-refractivity contribution is -0.143. The molecule has 0 saturated heterocycles. The number of halogens is 1. The van der Waals surface area contributed by atoms with Gasteiger partial charge in [-0.3, -0.25) is 9.59 Å². The Kier molecular flexibility index (Phi) is 6.88. The zero-order chi connectivity index (χ0) is 15.8. The number of hydrogen-bond donors (Lipinski definition) is 1. The van der Waals surface area contributed by atoms with E-state index in [-0.39, 0.29) is 18.6 Å². The third kappa shape index (κ3) is 5.55. The van der Waals surface area contributed by atoms with Crippen molar-refractivity contribution in [3.63, 3.8) is 0 Å². The number of nitrogens with one attached hydrogen (secondary N) is 1. The first-order chi connectivity index (χ1) is 9.97. The molecule has 1 amide bonds. The number of carbonyl (C=O) groups excluding carboxylic acids is 3. The summed E-state index contributed by atoms with van der Waals surface area (Å²) in [6.07, 6.45) is 0.842. The van der Waals surface area contributed by atoms with Crippen LogP contribution < -0.4 is 5.32 Å². The van der Waals surface area contributed by atoms with Crippen LogP contribution >= 0.6 is 11.6 Å². The zero-order valence-electron chi connectivity index (χ0n) is 12.0. The average molecular weight is 312 g/mol. The van der Waals surface area contributed by atoms with E-state index < -0.39 is 17.9 Å². The van der Waals surface area contributed by atoms with E-state index in [4.69, 9.17) is 11.6 Å². The van der Waals surface area contributed by atoms with Crippen molar-refractivity contribution in [3.8, 4) is 0 Å². The molecular weight excluding hydrogens is 294 g/mol. The Balaban J connectivity index is 2.71. The molecule has 0 unspecified atom stereocenters. The van der Waals surface area contributed by atoms with Crippen LogP contribution in [-0.2, 0) is 14.3 Å². The SMILES string of the molecule is CCC(=O)CC[C@@H](NC(=O)c1ccc(Cl)cc1)C(=O)OC. The lowest BCUT2D eigenvalue weighted by atomic mass is 10.1. The molecule has 0 fully saturated rings. The van der Waals surface area contributed by atoms with E-state index in [1.54, 1.807) is 31.2 Å². The molecule has 0 aliphatic heterocycles. The second-order valence-electron chi connectivity index (χ2n) is 4.49. The number of benzene rings is 1. The molecular formula is C15H18ClNO4. The van der Waals surface area contributed by atoms with Crippen molar-refractivity contribution >= 4 is 29.3 Å². The summed E-state index contributed by atoms with van der Waals surface area (Å²) in [5, 5.41) is 3.09. The first-order valence-corrected chi connectivity index (χ1v) is 7.01. The highest BCUT2D eigenvalue weighted by atomic mass is 35.5. The summed E-state index contributed by atoms with van der Waals surface area (Å²) < 4.78 is 4.65. The molecule has 5 nitrogen and oxygen atoms in total. The van der Waals surface area contributed by atoms with E-state index in [1.165, 1.54) is 7.11 Å². The number of esters is 1. The van der Waals surface area contributed by atoms with E-state index >= 15 is 0 Å². The van der Waals surface area contributed by atoms with Gasteiger partial charge in [0.15, 0.2) is 0 Å². The third-order valence-electron chi connectivity index (χ3n) is 3.00. The molecule has 0 saturated carbocycles. The van der Waals surface area contributed by atoms with Crippen molar-refractivity contribution in [3.05, 3.63) is 34.9 Å². The van der Waals surface area contributed by atoms with Gasteiger partial charge in [-0.1, -0.05) is 18.5 Å². The normalized spacial score (nSPS) is 11.6. The molecule has 0 aliphatic carbocycles. The predicted molar refractivity (Wildman–Crippen MR) is 79.3 cm³/mol. The van der Waals surface area contributed by atoms with Gasteiger partial charge in [-0.15, -0.1) is 0 Å². The number of rotatable bonds is 7. The summed E-state index contributed by atoms with van der Waals surface area (Å²) in [7, 11) is 1.24. The van der Waals surface area contributed by atoms with E-state index in [0.717, 1.165) is 0 Å². The van der Waals surface area contributed by atoms with Crippen molar-refractivity contribution in [2.24, 2.45) is 0 Å². The van der Waals surface area contributed by atoms with Gasteiger partial charge in [0.2, 0.25) is 0 Å². The molecule has 1 atom stereocenters. The fourth-order valence-electron chi connectivity index (χ4n) is 1.72. The minimum atomic E-state index is -0.839. The fourth-order valence-corrected chi connectivity index (χ4v) is 1.84. The molecule has 0 aliphatic rings. The highest BCUT2D eigenvalue weighted by Gasteiger charge is 2.22. The second kappa shape index (κ2) is 8.42. The quantitative estimate of drug-likeness (QED) is 0.785. The number of hydrogen-bond acceptors (Lipinski definition) is 4. The van der Waals surface area contributed by atoms with Crippen LogP contribution in [0.15, 0.2) is 24.3 Å². The van der Waals surface area contributed by atoms with Crippen molar-refractivity contribution in [1.82, 2.24) is 5.32 Å². The van der Waals surface area contributed by atoms with E-state index in [9.17, 15) is 14.4 Å². The first kappa shape index (κ1) is 17.2. The molecule has 0 spiro atoms. The van der Waals surface area contributed by atoms with Crippen LogP contribution in [0.5, 0.6) is 0 Å². The fraction of sp³-hybridized carbons (Fsp3) is 0.400. The summed E-state index contributed by atoms with van der Waals surface area (Å²) in [4.78, 5) is 35.1. The van der Waals surface area contributed by atoms with Gasteiger partial charge in [0.05, 0.1) is 7.11 Å². The maximum atomic E-state index is 12.1. The Labute approximate surface area is 128 Å². The smallest absolute Gasteiger partial charge is 0.328 e. The topological polar surface area (TPSA) is 72.5 Å². The molecule has 0 heterocycles. The Morgan fingerprint density at radius 3 is 2.38 bits per heavy atom. The first-order valence-electron chi connectivity index (χ1n) is 6.63. The van der Waals surface area contributed by atoms with Crippen LogP contribution in [0.3, 0.4) is 0 Å². The number of ether oxygens (including phenoxy) is 1. The van der Waals surface area contributed by atoms with Gasteiger partial charge < -0.3 is 10.1 Å². The van der Waals surface area contributed by atoms with Crippen molar-refractivity contribution in [2.75, 3.05) is 7.11 Å². The molecule has 21 heavy (non-hydrogen) atoms. The Morgan fingerprint density at radius 1 is 1.24 bits per heavy atom. The Bertz CT molecular complexity index is 513. The van der Waals surface area contributed by atoms with Gasteiger partial charge in [-0.25, -0.2) is 4.79 Å². The monoisotopic (exact) mass is 311 g/mol. The molecule has 0 aromatic heterocycles. The molecule has 1 N–H and O–H groups in total. The number of amides is 1. The van der Waals surface area contributed by atoms with E-state index in [0.29, 0.717) is 17.0 Å². The molecule has 1 aromatic rings. The van der Waals surface area contributed by atoms with Gasteiger partial charge in [-0.2, -0.15) is 0 Å². The number of ketones is 1. The van der Waals surface area contributed by atoms with E-state index in [2.05, 4.69) is 10.1 Å². The molecule has 0 bridgehead atoms. The van der Waals surface area contributed by atoms with Crippen LogP contribution in [0.4, 0.5) is 0 Å². The van der Waals surface area contributed by atoms with Crippen molar-refractivity contribution < 1.29 is 19.1 Å². The summed E-state index contributed by atoms with van der Waals surface area (Å²) in [5.74, 6) is -0.947. The molecule has 1 rings (SSSR count). The lowest BCUT2D eigenvalue weighted by Crippen LogP contribution is -2.41. The summed E-state index contributed by atoms with van der Waals surface area (Å²) in [5.41, 5.74) is 0.384. The summed E-state index contributed by atoms with van der Waals surface area (Å²) >= 11 is 5.75. The molecule has 6 heteroatoms. The predicted octanol–water partition coefficient (Wildman–Crippen LogP) is 2.37. The van der Waals surface area contributed by atoms with Crippen molar-refractivity contribution in [1.29, 1.82) is 0 Å². The number of carbonyl (C=O) groups is 3. The number of Topliss-reactive ketones (excluding diaryl/α,β-unsaturated/α-hetero) is 1. The molecule has 1 aromatic carbocycles. The maximum absolute atomic E-state index is 12.1. The van der Waals surface area contributed by atoms with Gasteiger partial charge in [0.1, 0.15) is 11.8 Å². The minimum absolute atomic E-state index is 0.0321. The molecule has 0 radical (unpaired) electrons. The highest BCUT2D eigenvalue weighted by molar-refractivity contribution is 6.30. The van der Waals surface area contributed by atoms with Crippen LogP contribution in [0, 0.1) is 0 Å². The van der Waals surface area contributed by atoms with Gasteiger partial charge in [0, 0.05) is 23.4 Å². The van der Waals surface area contributed by atoms with Gasteiger partial charge >= 0.3 is 5.97 Å². The minimum Gasteiger partial charge on any atom is -0.467 e. The maximum Gasteiger partial charge on any atom is 0.328 e. The standard InChI is InChI=1S/C15H18ClNO4/c1-3-12(18)8-9-13(15(20)21-2)17-14(19)10-4-6-11(16)7-5-10/h4-7,13H,3,8-9H2,1-2H3,(H,17,19)/t13-/m1/s1. The van der Waals surface area contributed by atoms with Crippen LogP contribution in [-0.4, -0.2) is 30.8 Å². The largest absolute Gasteiger partial charge is 0.467 e. The Hall–Kier alpha value is -1.88. The summed E-state index contributed by atoms with van der Waals surface area (Å²) in [6, 6.07) is 5.45. The third-order valence-corrected chi connectivity index (χ3v) is 3.26.